The zero-order valence-corrected chi connectivity index (χ0v) is 14.3. The normalized spacial score (nSPS) is 41.9. The van der Waals surface area contributed by atoms with Crippen molar-refractivity contribution in [1.82, 2.24) is 0 Å². The molecule has 7 atom stereocenters. The maximum atomic E-state index is 13.4. The third-order valence-electron chi connectivity index (χ3n) is 7.31. The molecule has 10 heteroatoms. The van der Waals surface area contributed by atoms with Crippen molar-refractivity contribution in [2.45, 2.75) is 42.8 Å². The fraction of sp³-hybridized carbons (Fsp3) is 0.875. The van der Waals surface area contributed by atoms with Gasteiger partial charge in [-0.1, -0.05) is 12.2 Å². The fourth-order valence-electron chi connectivity index (χ4n) is 6.55. The van der Waals surface area contributed by atoms with Gasteiger partial charge >= 0.3 is 12.4 Å². The van der Waals surface area contributed by atoms with Crippen LogP contribution in [0.3, 0.4) is 0 Å². The predicted molar refractivity (Wildman–Crippen MR) is 78.4 cm³/mol. The molecule has 0 aromatic carbocycles. The molecule has 4 aliphatic rings. The van der Waals surface area contributed by atoms with Crippen LogP contribution in [0.4, 0.5) is 26.3 Å². The van der Waals surface area contributed by atoms with Crippen molar-refractivity contribution in [2.75, 3.05) is 0 Å². The van der Waals surface area contributed by atoms with Crippen LogP contribution in [0.5, 0.6) is 0 Å². The monoisotopic (exact) mass is 404 g/mol. The van der Waals surface area contributed by atoms with Gasteiger partial charge in [-0.3, -0.25) is 4.55 Å². The highest BCUT2D eigenvalue weighted by Crippen LogP contribution is 2.69. The molecule has 4 rings (SSSR count). The number of halogens is 6. The molecule has 0 aromatic rings. The van der Waals surface area contributed by atoms with Crippen LogP contribution in [0.25, 0.3) is 0 Å². The Morgan fingerprint density at radius 3 is 1.92 bits per heavy atom. The van der Waals surface area contributed by atoms with Crippen LogP contribution in [0.2, 0.25) is 0 Å². The van der Waals surface area contributed by atoms with Crippen molar-refractivity contribution in [2.24, 2.45) is 41.4 Å². The van der Waals surface area contributed by atoms with Gasteiger partial charge in [0.05, 0.1) is 0 Å². The van der Waals surface area contributed by atoms with Gasteiger partial charge in [-0.15, -0.1) is 0 Å². The summed E-state index contributed by atoms with van der Waals surface area (Å²) in [6, 6.07) is 0. The van der Waals surface area contributed by atoms with E-state index in [1.54, 1.807) is 0 Å². The molecule has 3 saturated carbocycles. The Morgan fingerprint density at radius 1 is 0.885 bits per heavy atom. The first kappa shape index (κ1) is 18.6. The molecule has 4 bridgehead atoms. The minimum absolute atomic E-state index is 0.0364. The van der Waals surface area contributed by atoms with E-state index in [-0.39, 0.29) is 30.1 Å². The summed E-state index contributed by atoms with van der Waals surface area (Å²) in [5.74, 6) is -0.486. The van der Waals surface area contributed by atoms with Gasteiger partial charge in [0.15, 0.2) is 0 Å². The smallest absolute Gasteiger partial charge is 0.285 e. The van der Waals surface area contributed by atoms with E-state index in [1.807, 2.05) is 6.08 Å². The Kier molecular flexibility index (Phi) is 3.70. The van der Waals surface area contributed by atoms with E-state index in [0.717, 1.165) is 6.42 Å². The molecule has 4 aliphatic carbocycles. The second kappa shape index (κ2) is 5.18. The maximum Gasteiger partial charge on any atom is 0.419 e. The Hall–Kier alpha value is -0.770. The van der Waals surface area contributed by atoms with Crippen LogP contribution in [0.1, 0.15) is 25.7 Å². The van der Waals surface area contributed by atoms with Gasteiger partial charge in [-0.25, -0.2) is 0 Å². The lowest BCUT2D eigenvalue weighted by Gasteiger charge is -2.41. The van der Waals surface area contributed by atoms with Crippen LogP contribution in [-0.2, 0) is 10.1 Å². The average Bonchev–Trinajstić information content (AvgIpc) is 3.18. The van der Waals surface area contributed by atoms with E-state index < -0.39 is 39.6 Å². The molecule has 0 radical (unpaired) electrons. The highest BCUT2D eigenvalue weighted by molar-refractivity contribution is 7.87. The molecule has 0 aromatic heterocycles. The van der Waals surface area contributed by atoms with Gasteiger partial charge in [0.1, 0.15) is 0 Å². The molecule has 3 fully saturated rings. The molecule has 3 nitrogen and oxygen atoms in total. The van der Waals surface area contributed by atoms with E-state index in [4.69, 9.17) is 4.55 Å². The van der Waals surface area contributed by atoms with Gasteiger partial charge in [-0.05, 0) is 67.1 Å². The van der Waals surface area contributed by atoms with E-state index >= 15 is 0 Å². The van der Waals surface area contributed by atoms with Crippen LogP contribution < -0.4 is 0 Å². The molecule has 6 unspecified atom stereocenters. The molecule has 0 aliphatic heterocycles. The second-order valence-electron chi connectivity index (χ2n) is 8.26. The molecule has 0 spiro atoms. The highest BCUT2D eigenvalue weighted by Gasteiger charge is 2.79. The summed E-state index contributed by atoms with van der Waals surface area (Å²) in [7, 11) is -6.44. The quantitative estimate of drug-likeness (QED) is 0.332. The lowest BCUT2D eigenvalue weighted by Crippen LogP contribution is -2.63. The summed E-state index contributed by atoms with van der Waals surface area (Å²) in [6.07, 6.45) is -8.26. The van der Waals surface area contributed by atoms with Crippen molar-refractivity contribution in [1.29, 1.82) is 0 Å². The molecule has 148 valence electrons. The molecule has 0 saturated heterocycles. The van der Waals surface area contributed by atoms with Crippen molar-refractivity contribution >= 4 is 10.1 Å². The van der Waals surface area contributed by atoms with E-state index in [2.05, 4.69) is 6.08 Å². The number of alkyl halides is 6. The zero-order chi connectivity index (χ0) is 19.3. The van der Waals surface area contributed by atoms with Gasteiger partial charge in [-0.2, -0.15) is 34.8 Å². The molecule has 1 N–H and O–H groups in total. The molecule has 0 heterocycles. The van der Waals surface area contributed by atoms with Crippen molar-refractivity contribution in [3.63, 3.8) is 0 Å². The minimum atomic E-state index is -6.44. The third-order valence-corrected chi connectivity index (χ3v) is 8.82. The highest BCUT2D eigenvalue weighted by atomic mass is 32.2. The average molecular weight is 404 g/mol. The van der Waals surface area contributed by atoms with Crippen LogP contribution >= 0.6 is 0 Å². The number of fused-ring (bicyclic) bond motifs is 9. The van der Waals surface area contributed by atoms with Gasteiger partial charge in [0.25, 0.3) is 14.9 Å². The van der Waals surface area contributed by atoms with Crippen molar-refractivity contribution < 1.29 is 39.3 Å². The lowest BCUT2D eigenvalue weighted by atomic mass is 9.67. The summed E-state index contributed by atoms with van der Waals surface area (Å²) in [5, 5.41) is 0. The fourth-order valence-corrected chi connectivity index (χ4v) is 7.56. The SMILES string of the molecule is O=S(=O)(O)C(CC1CC2C[C@H]1C1C3C=CC(C3)C21)(C(F)(F)F)C(F)(F)F. The Balaban J connectivity index is 1.69. The summed E-state index contributed by atoms with van der Waals surface area (Å²) in [6.45, 7) is 0. The van der Waals surface area contributed by atoms with E-state index in [9.17, 15) is 34.8 Å². The first-order chi connectivity index (χ1) is 11.8. The van der Waals surface area contributed by atoms with Crippen molar-refractivity contribution in [3.8, 4) is 0 Å². The predicted octanol–water partition coefficient (Wildman–Crippen LogP) is 4.22. The topological polar surface area (TPSA) is 54.4 Å². The largest absolute Gasteiger partial charge is 0.419 e. The maximum absolute atomic E-state index is 13.4. The summed E-state index contributed by atoms with van der Waals surface area (Å²) in [5.41, 5.74) is 0. The first-order valence-corrected chi connectivity index (χ1v) is 10.0. The Morgan fingerprint density at radius 2 is 1.42 bits per heavy atom. The second-order valence-corrected chi connectivity index (χ2v) is 9.91. The molecule has 26 heavy (non-hydrogen) atoms. The van der Waals surface area contributed by atoms with E-state index in [0.29, 0.717) is 18.3 Å². The summed E-state index contributed by atoms with van der Waals surface area (Å²) < 4.78 is 107. The van der Waals surface area contributed by atoms with Crippen LogP contribution in [0, 0.1) is 41.4 Å². The molecular weight excluding hydrogens is 386 g/mol. The van der Waals surface area contributed by atoms with Crippen molar-refractivity contribution in [3.05, 3.63) is 12.2 Å². The van der Waals surface area contributed by atoms with Gasteiger partial charge in [0.2, 0.25) is 0 Å². The van der Waals surface area contributed by atoms with Crippen LogP contribution in [-0.4, -0.2) is 30.1 Å². The summed E-state index contributed by atoms with van der Waals surface area (Å²) >= 11 is 0. The third kappa shape index (κ3) is 2.20. The minimum Gasteiger partial charge on any atom is -0.285 e. The summed E-state index contributed by atoms with van der Waals surface area (Å²) in [4.78, 5) is 0. The lowest BCUT2D eigenvalue weighted by molar-refractivity contribution is -0.274. The Bertz CT molecular complexity index is 726. The number of hydrogen-bond donors (Lipinski definition) is 1. The molecular formula is C16H18F6O3S. The first-order valence-electron chi connectivity index (χ1n) is 8.57. The number of allylic oxidation sites excluding steroid dienone is 2. The Labute approximate surface area is 146 Å². The van der Waals surface area contributed by atoms with Crippen LogP contribution in [0.15, 0.2) is 12.2 Å². The zero-order valence-electron chi connectivity index (χ0n) is 13.5. The van der Waals surface area contributed by atoms with E-state index in [1.165, 1.54) is 0 Å². The van der Waals surface area contributed by atoms with Gasteiger partial charge in [0, 0.05) is 0 Å². The number of hydrogen-bond acceptors (Lipinski definition) is 2. The molecule has 0 amide bonds. The number of rotatable bonds is 3. The van der Waals surface area contributed by atoms with Gasteiger partial charge < -0.3 is 0 Å². The standard InChI is InChI=1S/C16H18F6O3S/c17-15(18,19)14(16(20,21)22,26(23,24)25)6-10-4-9-5-11(10)13-8-2-1-7(3-8)12(9)13/h1-2,7-13H,3-6H2,(H,23,24,25)/t7?,8?,9?,10?,11-,12?,13?/m1/s1.